The first-order chi connectivity index (χ1) is 36.0. The lowest BCUT2D eigenvalue weighted by Gasteiger charge is -2.20. The second kappa shape index (κ2) is 63.1. The molecule has 73 heavy (non-hydrogen) atoms. The van der Waals surface area contributed by atoms with Crippen LogP contribution >= 0.6 is 0 Å². The summed E-state index contributed by atoms with van der Waals surface area (Å²) in [6, 6.07) is -0.624. The molecule has 0 aliphatic heterocycles. The Bertz CT molecular complexity index is 1100. The normalized spacial score (nSPS) is 12.5. The van der Waals surface area contributed by atoms with Crippen LogP contribution in [-0.2, 0) is 14.3 Å². The minimum atomic E-state index is -0.840. The van der Waals surface area contributed by atoms with Gasteiger partial charge < -0.3 is 20.3 Å². The smallest absolute Gasteiger partial charge is 0.305 e. The molecule has 2 unspecified atom stereocenters. The van der Waals surface area contributed by atoms with Crippen molar-refractivity contribution >= 4 is 11.9 Å². The number of hydrogen-bond donors (Lipinski definition) is 3. The summed E-state index contributed by atoms with van der Waals surface area (Å²) in [6.07, 6.45) is 77.1. The minimum Gasteiger partial charge on any atom is -0.466 e. The van der Waals surface area contributed by atoms with Crippen molar-refractivity contribution in [3.8, 4) is 0 Å². The molecule has 0 radical (unpaired) electrons. The van der Waals surface area contributed by atoms with Gasteiger partial charge in [-0.25, -0.2) is 0 Å². The Balaban J connectivity index is 3.34. The maximum absolute atomic E-state index is 12.5. The van der Waals surface area contributed by atoms with E-state index < -0.39 is 12.1 Å². The second-order valence-electron chi connectivity index (χ2n) is 23.2. The topological polar surface area (TPSA) is 95.9 Å². The van der Waals surface area contributed by atoms with Crippen LogP contribution in [0.15, 0.2) is 12.2 Å². The average Bonchev–Trinajstić information content (AvgIpc) is 3.39. The molecule has 0 aliphatic carbocycles. The van der Waals surface area contributed by atoms with Gasteiger partial charge in [0, 0.05) is 12.8 Å². The SMILES string of the molecule is CCCCCCCCCCCCCCC/C=C/C(O)C(CO)NC(=O)CCCCCCCCCCCCCCCCCCCCCCCCCCCCCCCCOC(=O)CCCCCCCCCCCCC. The molecule has 6 nitrogen and oxygen atoms in total. The third kappa shape index (κ3) is 59.7. The quantitative estimate of drug-likeness (QED) is 0.0320. The van der Waals surface area contributed by atoms with E-state index in [1.54, 1.807) is 6.08 Å². The Kier molecular flexibility index (Phi) is 61.9. The van der Waals surface area contributed by atoms with Crippen molar-refractivity contribution in [1.29, 1.82) is 0 Å². The summed E-state index contributed by atoms with van der Waals surface area (Å²) in [5.74, 6) is -0.0413. The number of hydrogen-bond acceptors (Lipinski definition) is 5. The zero-order chi connectivity index (χ0) is 52.9. The van der Waals surface area contributed by atoms with E-state index in [1.165, 1.54) is 315 Å². The number of esters is 1. The minimum absolute atomic E-state index is 0.0201. The Labute approximate surface area is 457 Å². The molecule has 0 aliphatic rings. The third-order valence-electron chi connectivity index (χ3n) is 15.8. The molecule has 0 rings (SSSR count). The van der Waals surface area contributed by atoms with Crippen LogP contribution in [0.1, 0.15) is 380 Å². The second-order valence-corrected chi connectivity index (χ2v) is 23.2. The fourth-order valence-electron chi connectivity index (χ4n) is 10.7. The van der Waals surface area contributed by atoms with Gasteiger partial charge in [-0.3, -0.25) is 9.59 Å². The van der Waals surface area contributed by atoms with Crippen LogP contribution in [0.4, 0.5) is 0 Å². The van der Waals surface area contributed by atoms with Gasteiger partial charge in [0.05, 0.1) is 25.4 Å². The van der Waals surface area contributed by atoms with Crippen molar-refractivity contribution in [2.45, 2.75) is 392 Å². The molecule has 0 heterocycles. The summed E-state index contributed by atoms with van der Waals surface area (Å²) in [6.45, 7) is 4.93. The fraction of sp³-hybridized carbons (Fsp3) is 0.940. The molecule has 6 heteroatoms. The van der Waals surface area contributed by atoms with Crippen molar-refractivity contribution in [3.63, 3.8) is 0 Å². The van der Waals surface area contributed by atoms with Gasteiger partial charge in [0.1, 0.15) is 0 Å². The Hall–Kier alpha value is -1.40. The van der Waals surface area contributed by atoms with E-state index >= 15 is 0 Å². The Morgan fingerprint density at radius 1 is 0.370 bits per heavy atom. The van der Waals surface area contributed by atoms with Gasteiger partial charge in [-0.15, -0.1) is 0 Å². The van der Waals surface area contributed by atoms with Gasteiger partial charge in [0.25, 0.3) is 0 Å². The van der Waals surface area contributed by atoms with Crippen LogP contribution in [-0.4, -0.2) is 47.4 Å². The molecule has 1 amide bonds. The van der Waals surface area contributed by atoms with E-state index in [0.717, 1.165) is 38.5 Å². The van der Waals surface area contributed by atoms with Crippen LogP contribution in [0.25, 0.3) is 0 Å². The molecule has 3 N–H and O–H groups in total. The molecule has 0 bridgehead atoms. The van der Waals surface area contributed by atoms with Crippen LogP contribution < -0.4 is 5.32 Å². The number of rotatable bonds is 63. The summed E-state index contributed by atoms with van der Waals surface area (Å²) in [5, 5.41) is 23.2. The molecule has 0 aromatic carbocycles. The first-order valence-corrected chi connectivity index (χ1v) is 33.5. The highest BCUT2D eigenvalue weighted by atomic mass is 16.5. The number of unbranched alkanes of at least 4 members (excludes halogenated alkanes) is 52. The van der Waals surface area contributed by atoms with Gasteiger partial charge in [-0.2, -0.15) is 0 Å². The molecule has 0 saturated heterocycles. The number of ether oxygens (including phenoxy) is 1. The van der Waals surface area contributed by atoms with Gasteiger partial charge in [-0.1, -0.05) is 347 Å². The molecule has 2 atom stereocenters. The molecule has 0 fully saturated rings. The summed E-state index contributed by atoms with van der Waals surface area (Å²) in [7, 11) is 0. The lowest BCUT2D eigenvalue weighted by atomic mass is 10.0. The van der Waals surface area contributed by atoms with Gasteiger partial charge in [-0.05, 0) is 32.1 Å². The number of aliphatic hydroxyl groups excluding tert-OH is 2. The summed E-state index contributed by atoms with van der Waals surface area (Å²) in [5.41, 5.74) is 0. The van der Waals surface area contributed by atoms with Crippen molar-refractivity contribution in [1.82, 2.24) is 5.32 Å². The zero-order valence-corrected chi connectivity index (χ0v) is 49.6. The molecular weight excluding hydrogens is 899 g/mol. The highest BCUT2D eigenvalue weighted by molar-refractivity contribution is 5.76. The lowest BCUT2D eigenvalue weighted by Crippen LogP contribution is -2.45. The Morgan fingerprint density at radius 3 is 0.932 bits per heavy atom. The van der Waals surface area contributed by atoms with Crippen LogP contribution in [0.2, 0.25) is 0 Å². The number of carbonyl (C=O) groups excluding carboxylic acids is 2. The molecule has 434 valence electrons. The van der Waals surface area contributed by atoms with E-state index in [4.69, 9.17) is 4.74 Å². The van der Waals surface area contributed by atoms with Gasteiger partial charge >= 0.3 is 5.97 Å². The summed E-state index contributed by atoms with van der Waals surface area (Å²) in [4.78, 5) is 24.5. The molecule has 0 aromatic heterocycles. The number of nitrogens with one attached hydrogen (secondary N) is 1. The Morgan fingerprint density at radius 2 is 0.630 bits per heavy atom. The van der Waals surface area contributed by atoms with Crippen molar-refractivity contribution in [2.24, 2.45) is 0 Å². The van der Waals surface area contributed by atoms with Crippen LogP contribution in [0.3, 0.4) is 0 Å². The van der Waals surface area contributed by atoms with Crippen LogP contribution in [0.5, 0.6) is 0 Å². The molecular formula is C67H131NO5. The van der Waals surface area contributed by atoms with E-state index in [-0.39, 0.29) is 18.5 Å². The molecule has 0 aromatic rings. The van der Waals surface area contributed by atoms with Crippen molar-refractivity contribution in [2.75, 3.05) is 13.2 Å². The number of aliphatic hydroxyl groups is 2. The number of carbonyl (C=O) groups is 2. The largest absolute Gasteiger partial charge is 0.466 e. The van der Waals surface area contributed by atoms with E-state index in [0.29, 0.717) is 19.4 Å². The summed E-state index contributed by atoms with van der Waals surface area (Å²) < 4.78 is 5.47. The van der Waals surface area contributed by atoms with Crippen molar-refractivity contribution in [3.05, 3.63) is 12.2 Å². The van der Waals surface area contributed by atoms with Gasteiger partial charge in [0.2, 0.25) is 5.91 Å². The summed E-state index contributed by atoms with van der Waals surface area (Å²) >= 11 is 0. The molecule has 0 spiro atoms. The molecule has 0 saturated carbocycles. The number of amides is 1. The lowest BCUT2D eigenvalue weighted by molar-refractivity contribution is -0.143. The predicted molar refractivity (Wildman–Crippen MR) is 320 cm³/mol. The van der Waals surface area contributed by atoms with Crippen molar-refractivity contribution < 1.29 is 24.5 Å². The van der Waals surface area contributed by atoms with E-state index in [9.17, 15) is 19.8 Å². The fourth-order valence-corrected chi connectivity index (χ4v) is 10.7. The monoisotopic (exact) mass is 1030 g/mol. The zero-order valence-electron chi connectivity index (χ0n) is 49.6. The van der Waals surface area contributed by atoms with Crippen LogP contribution in [0, 0.1) is 0 Å². The first kappa shape index (κ1) is 71.6. The number of allylic oxidation sites excluding steroid dienone is 1. The standard InChI is InChI=1S/C67H131NO5/c1-3-5-7-9-11-13-15-16-33-36-40-43-47-51-55-59-65(70)64(63-69)68-66(71)60-56-52-48-44-41-37-34-31-29-27-25-23-21-19-17-18-20-22-24-26-28-30-32-35-38-42-46-50-54-58-62-73-67(72)61-57-53-49-45-39-14-12-10-8-6-4-2/h55,59,64-65,69-70H,3-54,56-58,60-63H2,1-2H3,(H,68,71)/b59-55+. The first-order valence-electron chi connectivity index (χ1n) is 33.5. The van der Waals surface area contributed by atoms with Gasteiger partial charge in [0.15, 0.2) is 0 Å². The third-order valence-corrected chi connectivity index (χ3v) is 15.8. The highest BCUT2D eigenvalue weighted by Gasteiger charge is 2.18. The maximum Gasteiger partial charge on any atom is 0.305 e. The van der Waals surface area contributed by atoms with E-state index in [1.807, 2.05) is 6.08 Å². The predicted octanol–water partition coefficient (Wildman–Crippen LogP) is 21.2. The maximum atomic E-state index is 12.5. The highest BCUT2D eigenvalue weighted by Crippen LogP contribution is 2.19. The average molecular weight is 1030 g/mol. The van der Waals surface area contributed by atoms with E-state index in [2.05, 4.69) is 19.2 Å².